The van der Waals surface area contributed by atoms with E-state index in [1.807, 2.05) is 6.92 Å². The third kappa shape index (κ3) is 5.71. The van der Waals surface area contributed by atoms with E-state index in [1.165, 1.54) is 4.90 Å². The zero-order valence-electron chi connectivity index (χ0n) is 17.7. The van der Waals surface area contributed by atoms with Crippen LogP contribution >= 0.6 is 24.0 Å². The molecule has 4 atom stereocenters. The Hall–Kier alpha value is -1.16. The number of allylic oxidation sites excluding steroid dienone is 2. The summed E-state index contributed by atoms with van der Waals surface area (Å²) in [6, 6.07) is 0. The minimum Gasteiger partial charge on any atom is -0.381 e. The maximum absolute atomic E-state index is 12.7. The Bertz CT molecular complexity index is 607. The lowest BCUT2D eigenvalue weighted by molar-refractivity contribution is -0.140. The smallest absolute Gasteiger partial charge is 0.233 e. The number of carbonyl (C=O) groups is 2. The molecule has 2 N–H and O–H groups in total. The first kappa shape index (κ1) is 24.1. The average molecular weight is 518 g/mol. The van der Waals surface area contributed by atoms with Crippen molar-refractivity contribution in [2.75, 3.05) is 39.4 Å². The number of hydrogen-bond donors (Lipinski definition) is 2. The normalized spacial score (nSPS) is 27.6. The van der Waals surface area contributed by atoms with Crippen LogP contribution in [0.3, 0.4) is 0 Å². The van der Waals surface area contributed by atoms with Crippen molar-refractivity contribution in [3.8, 4) is 0 Å². The molecule has 29 heavy (non-hydrogen) atoms. The maximum Gasteiger partial charge on any atom is 0.233 e. The van der Waals surface area contributed by atoms with Crippen LogP contribution in [0.25, 0.3) is 0 Å². The molecule has 0 aromatic carbocycles. The largest absolute Gasteiger partial charge is 0.381 e. The van der Waals surface area contributed by atoms with E-state index < -0.39 is 0 Å². The lowest BCUT2D eigenvalue weighted by Gasteiger charge is -2.18. The lowest BCUT2D eigenvalue weighted by Crippen LogP contribution is -2.43. The van der Waals surface area contributed by atoms with Gasteiger partial charge in [0.05, 0.1) is 11.8 Å². The number of aliphatic imine (C=N–C) groups is 1. The highest BCUT2D eigenvalue weighted by molar-refractivity contribution is 14.0. The number of nitrogens with zero attached hydrogens (tertiary/aromatic N) is 2. The zero-order chi connectivity index (χ0) is 20.1. The molecule has 4 unspecified atom stereocenters. The highest BCUT2D eigenvalue weighted by Crippen LogP contribution is 2.52. The van der Waals surface area contributed by atoms with E-state index in [9.17, 15) is 9.59 Å². The monoisotopic (exact) mass is 518 g/mol. The summed E-state index contributed by atoms with van der Waals surface area (Å²) in [6.07, 6.45) is 6.09. The van der Waals surface area contributed by atoms with Crippen molar-refractivity contribution in [2.45, 2.75) is 33.6 Å². The van der Waals surface area contributed by atoms with E-state index >= 15 is 0 Å². The number of imide groups is 1. The van der Waals surface area contributed by atoms with Gasteiger partial charge in [0.1, 0.15) is 0 Å². The second-order valence-electron chi connectivity index (χ2n) is 8.34. The van der Waals surface area contributed by atoms with Crippen LogP contribution in [0.4, 0.5) is 0 Å². The molecule has 7 nitrogen and oxygen atoms in total. The summed E-state index contributed by atoms with van der Waals surface area (Å²) in [7, 11) is 0. The standard InChI is InChI=1S/C21H34N4O3.HI/c1-4-22-21(23-8-5-11-28-13-14(2)3)24-9-10-25-19(26)17-15-6-7-16(12-15)18(17)20(25)27;/h6-7,14-18H,4-5,8-13H2,1-3H3,(H2,22,23,24);1H. The van der Waals surface area contributed by atoms with E-state index in [0.717, 1.165) is 26.0 Å². The van der Waals surface area contributed by atoms with Gasteiger partial charge in [0, 0.05) is 39.4 Å². The minimum atomic E-state index is -0.116. The number of carbonyl (C=O) groups excluding carboxylic acids is 2. The molecule has 2 aliphatic carbocycles. The van der Waals surface area contributed by atoms with Gasteiger partial charge in [0.15, 0.2) is 5.96 Å². The molecule has 2 fully saturated rings. The molecule has 1 saturated carbocycles. The van der Waals surface area contributed by atoms with Gasteiger partial charge in [0.2, 0.25) is 11.8 Å². The van der Waals surface area contributed by atoms with Gasteiger partial charge < -0.3 is 15.4 Å². The van der Waals surface area contributed by atoms with Gasteiger partial charge in [-0.05, 0) is 37.5 Å². The Morgan fingerprint density at radius 2 is 1.86 bits per heavy atom. The molecule has 8 heteroatoms. The van der Waals surface area contributed by atoms with Crippen LogP contribution in [0.1, 0.15) is 33.6 Å². The average Bonchev–Trinajstić information content (AvgIpc) is 3.33. The van der Waals surface area contributed by atoms with Crippen LogP contribution in [-0.2, 0) is 14.3 Å². The van der Waals surface area contributed by atoms with Crippen molar-refractivity contribution in [2.24, 2.45) is 34.6 Å². The van der Waals surface area contributed by atoms with Crippen LogP contribution in [0.5, 0.6) is 0 Å². The summed E-state index contributed by atoms with van der Waals surface area (Å²) >= 11 is 0. The summed E-state index contributed by atoms with van der Waals surface area (Å²) in [6.45, 7) is 10.1. The van der Waals surface area contributed by atoms with Gasteiger partial charge in [-0.25, -0.2) is 0 Å². The van der Waals surface area contributed by atoms with E-state index in [2.05, 4.69) is 41.6 Å². The van der Waals surface area contributed by atoms with Crippen molar-refractivity contribution >= 4 is 41.8 Å². The second-order valence-corrected chi connectivity index (χ2v) is 8.34. The third-order valence-corrected chi connectivity index (χ3v) is 5.70. The van der Waals surface area contributed by atoms with Crippen LogP contribution in [0, 0.1) is 29.6 Å². The first-order chi connectivity index (χ1) is 13.5. The Morgan fingerprint density at radius 3 is 2.45 bits per heavy atom. The molecule has 0 radical (unpaired) electrons. The van der Waals surface area contributed by atoms with E-state index in [0.29, 0.717) is 38.1 Å². The third-order valence-electron chi connectivity index (χ3n) is 5.70. The molecule has 164 valence electrons. The molecule has 2 bridgehead atoms. The molecule has 0 aromatic rings. The molecule has 1 aliphatic heterocycles. The quantitative estimate of drug-likeness (QED) is 0.116. The van der Waals surface area contributed by atoms with E-state index in [1.54, 1.807) is 0 Å². The highest BCUT2D eigenvalue weighted by atomic mass is 127. The van der Waals surface area contributed by atoms with Gasteiger partial charge in [0.25, 0.3) is 0 Å². The van der Waals surface area contributed by atoms with Gasteiger partial charge in [-0.3, -0.25) is 19.5 Å². The van der Waals surface area contributed by atoms with E-state index in [-0.39, 0.29) is 59.5 Å². The molecule has 2 amide bonds. The second kappa shape index (κ2) is 11.3. The lowest BCUT2D eigenvalue weighted by atomic mass is 9.85. The summed E-state index contributed by atoms with van der Waals surface area (Å²) in [5, 5.41) is 6.44. The number of fused-ring (bicyclic) bond motifs is 5. The van der Waals surface area contributed by atoms with Gasteiger partial charge in [-0.1, -0.05) is 26.0 Å². The minimum absolute atomic E-state index is 0. The molecule has 1 saturated heterocycles. The van der Waals surface area contributed by atoms with Gasteiger partial charge >= 0.3 is 0 Å². The Balaban J connectivity index is 0.00000300. The zero-order valence-corrected chi connectivity index (χ0v) is 20.1. The van der Waals surface area contributed by atoms with Crippen molar-refractivity contribution in [1.82, 2.24) is 15.5 Å². The predicted molar refractivity (Wildman–Crippen MR) is 124 cm³/mol. The maximum atomic E-state index is 12.7. The van der Waals surface area contributed by atoms with Crippen LogP contribution in [0.2, 0.25) is 0 Å². The molecule has 0 aromatic heterocycles. The Morgan fingerprint density at radius 1 is 1.21 bits per heavy atom. The molecule has 3 aliphatic rings. The molecule has 0 spiro atoms. The summed E-state index contributed by atoms with van der Waals surface area (Å²) in [5.74, 6) is 1.58. The van der Waals surface area contributed by atoms with Crippen LogP contribution in [0.15, 0.2) is 17.1 Å². The summed E-state index contributed by atoms with van der Waals surface area (Å²) in [5.41, 5.74) is 0. The number of guanidine groups is 1. The molecular formula is C21H35IN4O3. The SMILES string of the molecule is CCNC(=NCCCOCC(C)C)NCCN1C(=O)C2C3C=CC(C3)C2C1=O.I. The fraction of sp³-hybridized carbons (Fsp3) is 0.762. The number of halogens is 1. The number of likely N-dealkylation sites (tertiary alicyclic amines) is 1. The van der Waals surface area contributed by atoms with Crippen molar-refractivity contribution in [3.63, 3.8) is 0 Å². The van der Waals surface area contributed by atoms with Crippen molar-refractivity contribution < 1.29 is 14.3 Å². The number of ether oxygens (including phenoxy) is 1. The first-order valence-electron chi connectivity index (χ1n) is 10.7. The van der Waals surface area contributed by atoms with Crippen LogP contribution in [-0.4, -0.2) is 62.1 Å². The van der Waals surface area contributed by atoms with Crippen molar-refractivity contribution in [3.05, 3.63) is 12.2 Å². The molecular weight excluding hydrogens is 483 g/mol. The Labute approximate surface area is 191 Å². The first-order valence-corrected chi connectivity index (χ1v) is 10.7. The van der Waals surface area contributed by atoms with Crippen LogP contribution < -0.4 is 10.6 Å². The number of nitrogens with one attached hydrogen (secondary N) is 2. The summed E-state index contributed by atoms with van der Waals surface area (Å²) in [4.78, 5) is 31.4. The Kier molecular flexibility index (Phi) is 9.39. The summed E-state index contributed by atoms with van der Waals surface area (Å²) < 4.78 is 5.57. The van der Waals surface area contributed by atoms with Gasteiger partial charge in [-0.2, -0.15) is 0 Å². The van der Waals surface area contributed by atoms with Gasteiger partial charge in [-0.15, -0.1) is 24.0 Å². The topological polar surface area (TPSA) is 83.0 Å². The highest BCUT2D eigenvalue weighted by Gasteiger charge is 2.58. The fourth-order valence-electron chi connectivity index (χ4n) is 4.49. The number of hydrogen-bond acceptors (Lipinski definition) is 4. The molecule has 3 rings (SSSR count). The predicted octanol–water partition coefficient (Wildman–Crippen LogP) is 2.03. The van der Waals surface area contributed by atoms with Crippen molar-refractivity contribution in [1.29, 1.82) is 0 Å². The number of amides is 2. The number of rotatable bonds is 10. The fourth-order valence-corrected chi connectivity index (χ4v) is 4.49. The molecule has 1 heterocycles. The van der Waals surface area contributed by atoms with E-state index in [4.69, 9.17) is 4.74 Å².